The Morgan fingerprint density at radius 2 is 2.05 bits per heavy atom. The van der Waals surface area contributed by atoms with Crippen molar-refractivity contribution in [2.45, 2.75) is 12.3 Å². The molecule has 1 heterocycles. The second kappa shape index (κ2) is 6.17. The molecule has 4 nitrogen and oxygen atoms in total. The largest absolute Gasteiger partial charge is 0.490 e. The van der Waals surface area contributed by atoms with E-state index in [0.29, 0.717) is 17.9 Å². The van der Waals surface area contributed by atoms with E-state index >= 15 is 0 Å². The van der Waals surface area contributed by atoms with Crippen molar-refractivity contribution in [3.8, 4) is 5.75 Å². The van der Waals surface area contributed by atoms with Gasteiger partial charge in [0, 0.05) is 0 Å². The molecule has 1 atom stereocenters. The number of carbonyl (C=O) groups is 1. The lowest BCUT2D eigenvalue weighted by molar-refractivity contribution is -0.161. The first-order valence-corrected chi connectivity index (χ1v) is 6.34. The van der Waals surface area contributed by atoms with E-state index in [1.165, 1.54) is 0 Å². The average molecular weight is 300 g/mol. The van der Waals surface area contributed by atoms with Gasteiger partial charge in [-0.1, -0.05) is 24.8 Å². The molecule has 2 rings (SSSR count). The Labute approximate surface area is 120 Å². The van der Waals surface area contributed by atoms with Crippen LogP contribution < -0.4 is 10.1 Å². The summed E-state index contributed by atoms with van der Waals surface area (Å²) in [6, 6.07) is 6.57. The highest BCUT2D eigenvalue weighted by atomic mass is 19.4. The average Bonchev–Trinajstić information content (AvgIpc) is 2.77. The highest BCUT2D eigenvalue weighted by Crippen LogP contribution is 2.28. The Bertz CT molecular complexity index is 514. The first-order valence-electron chi connectivity index (χ1n) is 6.34. The fraction of sp³-hybridized carbons (Fsp3) is 0.357. The lowest BCUT2D eigenvalue weighted by Gasteiger charge is -2.25. The van der Waals surface area contributed by atoms with Crippen LogP contribution in [0.15, 0.2) is 36.9 Å². The molecular weight excluding hydrogens is 285 g/mol. The van der Waals surface area contributed by atoms with Gasteiger partial charge in [-0.05, 0) is 17.7 Å². The summed E-state index contributed by atoms with van der Waals surface area (Å²) < 4.78 is 42.9. The molecule has 0 aromatic heterocycles. The van der Waals surface area contributed by atoms with Crippen LogP contribution >= 0.6 is 0 Å². The molecule has 0 spiro atoms. The minimum Gasteiger partial charge on any atom is -0.490 e. The lowest BCUT2D eigenvalue weighted by Crippen LogP contribution is -2.38. The fourth-order valence-electron chi connectivity index (χ4n) is 2.11. The molecule has 0 bridgehead atoms. The normalized spacial score (nSPS) is 18.9. The molecule has 1 aliphatic heterocycles. The van der Waals surface area contributed by atoms with Crippen LogP contribution in [0.3, 0.4) is 0 Å². The summed E-state index contributed by atoms with van der Waals surface area (Å²) in [6.45, 7) is 2.50. The van der Waals surface area contributed by atoms with Crippen LogP contribution in [0.5, 0.6) is 5.75 Å². The third-order valence-corrected chi connectivity index (χ3v) is 2.99. The van der Waals surface area contributed by atoms with Gasteiger partial charge >= 0.3 is 6.18 Å². The molecule has 0 saturated carbocycles. The summed E-state index contributed by atoms with van der Waals surface area (Å²) in [5, 5.41) is 2.78. The first kappa shape index (κ1) is 15.4. The van der Waals surface area contributed by atoms with Crippen LogP contribution in [0, 0.1) is 0 Å². The maximum atomic E-state index is 12.5. The number of nitrogens with zero attached hydrogens (tertiary/aromatic N) is 1. The van der Waals surface area contributed by atoms with Crippen LogP contribution in [0.1, 0.15) is 11.7 Å². The number of carbonyl (C=O) groups excluding carboxylic acids is 1. The van der Waals surface area contributed by atoms with Crippen molar-refractivity contribution >= 4 is 5.91 Å². The van der Waals surface area contributed by atoms with Crippen molar-refractivity contribution in [2.24, 2.45) is 0 Å². The summed E-state index contributed by atoms with van der Waals surface area (Å²) in [6.07, 6.45) is -3.60. The maximum absolute atomic E-state index is 12.5. The molecule has 21 heavy (non-hydrogen) atoms. The number of ether oxygens (including phenoxy) is 1. The number of alkyl halides is 3. The highest BCUT2D eigenvalue weighted by molar-refractivity contribution is 5.81. The predicted molar refractivity (Wildman–Crippen MR) is 70.6 cm³/mol. The van der Waals surface area contributed by atoms with Crippen molar-refractivity contribution in [2.75, 3.05) is 19.7 Å². The summed E-state index contributed by atoms with van der Waals surface area (Å²) in [5.74, 6) is 0.0228. The van der Waals surface area contributed by atoms with Gasteiger partial charge in [0.1, 0.15) is 25.1 Å². The van der Waals surface area contributed by atoms with Gasteiger partial charge in [-0.3, -0.25) is 10.1 Å². The fourth-order valence-corrected chi connectivity index (χ4v) is 2.11. The summed E-state index contributed by atoms with van der Waals surface area (Å²) in [5.41, 5.74) is 0.580. The van der Waals surface area contributed by atoms with Gasteiger partial charge in [0.2, 0.25) is 5.91 Å². The second-order valence-electron chi connectivity index (χ2n) is 4.59. The molecular formula is C14H15F3N2O2. The number of halogens is 3. The summed E-state index contributed by atoms with van der Waals surface area (Å²) >= 11 is 0. The maximum Gasteiger partial charge on any atom is 0.406 e. The minimum atomic E-state index is -4.42. The van der Waals surface area contributed by atoms with Crippen LogP contribution in [0.2, 0.25) is 0 Å². The third kappa shape index (κ3) is 3.98. The van der Waals surface area contributed by atoms with Gasteiger partial charge in [0.15, 0.2) is 0 Å². The van der Waals surface area contributed by atoms with E-state index in [2.05, 4.69) is 11.9 Å². The van der Waals surface area contributed by atoms with Gasteiger partial charge in [0.05, 0.1) is 6.54 Å². The van der Waals surface area contributed by atoms with E-state index in [9.17, 15) is 18.0 Å². The van der Waals surface area contributed by atoms with E-state index < -0.39 is 24.8 Å². The Balaban J connectivity index is 2.12. The van der Waals surface area contributed by atoms with E-state index in [4.69, 9.17) is 4.74 Å². The summed E-state index contributed by atoms with van der Waals surface area (Å²) in [7, 11) is 0. The number of hydrogen-bond acceptors (Lipinski definition) is 3. The topological polar surface area (TPSA) is 41.6 Å². The van der Waals surface area contributed by atoms with Crippen molar-refractivity contribution in [3.63, 3.8) is 0 Å². The first-order chi connectivity index (χ1) is 9.90. The van der Waals surface area contributed by atoms with Gasteiger partial charge in [-0.25, -0.2) is 0 Å². The SMILES string of the molecule is C=CCOc1ccc(C2NCC(=O)N2CC(F)(F)F)cc1. The van der Waals surface area contributed by atoms with Gasteiger partial charge in [-0.2, -0.15) is 13.2 Å². The molecule has 114 valence electrons. The lowest BCUT2D eigenvalue weighted by atomic mass is 10.1. The third-order valence-electron chi connectivity index (χ3n) is 2.99. The molecule has 1 saturated heterocycles. The second-order valence-corrected chi connectivity index (χ2v) is 4.59. The van der Waals surface area contributed by atoms with Crippen molar-refractivity contribution in [1.82, 2.24) is 10.2 Å². The summed E-state index contributed by atoms with van der Waals surface area (Å²) in [4.78, 5) is 12.4. The predicted octanol–water partition coefficient (Wildman–Crippen LogP) is 2.24. The number of nitrogens with one attached hydrogen (secondary N) is 1. The molecule has 1 aromatic rings. The monoisotopic (exact) mass is 300 g/mol. The van der Waals surface area contributed by atoms with E-state index in [0.717, 1.165) is 4.90 Å². The van der Waals surface area contributed by atoms with Crippen LogP contribution in [0.25, 0.3) is 0 Å². The van der Waals surface area contributed by atoms with Crippen molar-refractivity contribution in [1.29, 1.82) is 0 Å². The molecule has 1 fully saturated rings. The highest BCUT2D eigenvalue weighted by Gasteiger charge is 2.40. The zero-order valence-corrected chi connectivity index (χ0v) is 11.2. The van der Waals surface area contributed by atoms with Crippen LogP contribution in [-0.2, 0) is 4.79 Å². The molecule has 1 amide bonds. The molecule has 1 unspecified atom stereocenters. The molecule has 1 aromatic carbocycles. The quantitative estimate of drug-likeness (QED) is 0.848. The van der Waals surface area contributed by atoms with Gasteiger partial charge < -0.3 is 9.64 Å². The van der Waals surface area contributed by atoms with Crippen molar-refractivity contribution < 1.29 is 22.7 Å². The molecule has 0 radical (unpaired) electrons. The Kier molecular flexibility index (Phi) is 4.52. The molecule has 1 aliphatic rings. The molecule has 7 heteroatoms. The zero-order chi connectivity index (χ0) is 15.5. The van der Waals surface area contributed by atoms with Crippen molar-refractivity contribution in [3.05, 3.63) is 42.5 Å². The molecule has 0 aliphatic carbocycles. The number of rotatable bonds is 5. The number of hydrogen-bond donors (Lipinski definition) is 1. The molecule has 1 N–H and O–H groups in total. The number of benzene rings is 1. The number of amides is 1. The van der Waals surface area contributed by atoms with Gasteiger partial charge in [-0.15, -0.1) is 0 Å². The van der Waals surface area contributed by atoms with E-state index in [1.807, 2.05) is 0 Å². The zero-order valence-electron chi connectivity index (χ0n) is 11.2. The standard InChI is InChI=1S/C14H15F3N2O2/c1-2-7-21-11-5-3-10(4-6-11)13-18-8-12(20)19(13)9-14(15,16)17/h2-6,13,18H,1,7-9H2. The van der Waals surface area contributed by atoms with E-state index in [-0.39, 0.29) is 6.54 Å². The van der Waals surface area contributed by atoms with Crippen LogP contribution in [-0.4, -0.2) is 36.7 Å². The van der Waals surface area contributed by atoms with Crippen LogP contribution in [0.4, 0.5) is 13.2 Å². The Morgan fingerprint density at radius 1 is 1.38 bits per heavy atom. The Hall–Kier alpha value is -2.02. The Morgan fingerprint density at radius 3 is 2.62 bits per heavy atom. The van der Waals surface area contributed by atoms with Gasteiger partial charge in [0.25, 0.3) is 0 Å². The minimum absolute atomic E-state index is 0.102. The smallest absolute Gasteiger partial charge is 0.406 e. The van der Waals surface area contributed by atoms with E-state index in [1.54, 1.807) is 30.3 Å².